The number of alkyl halides is 2. The van der Waals surface area contributed by atoms with Gasteiger partial charge in [0.25, 0.3) is 23.6 Å². The summed E-state index contributed by atoms with van der Waals surface area (Å²) >= 11 is 0. The molecule has 6 aliphatic heterocycles. The summed E-state index contributed by atoms with van der Waals surface area (Å²) in [4.78, 5) is 78.6. The van der Waals surface area contributed by atoms with Crippen molar-refractivity contribution in [1.82, 2.24) is 48.8 Å². The number of nitrogens with one attached hydrogen (secondary N) is 2. The summed E-state index contributed by atoms with van der Waals surface area (Å²) in [5.74, 6) is -1.70. The number of anilines is 4. The van der Waals surface area contributed by atoms with E-state index in [-0.39, 0.29) is 67.8 Å². The molecule has 80 heavy (non-hydrogen) atoms. The minimum atomic E-state index is -1.72. The summed E-state index contributed by atoms with van der Waals surface area (Å²) in [6, 6.07) is 10.7. The average molecular weight is 1100 g/mol. The number of hydrogen-bond donors (Lipinski definition) is 4. The summed E-state index contributed by atoms with van der Waals surface area (Å²) in [7, 11) is 0. The van der Waals surface area contributed by atoms with E-state index < -0.39 is 41.3 Å². The fourth-order valence-corrected chi connectivity index (χ4v) is 11.9. The van der Waals surface area contributed by atoms with E-state index in [2.05, 4.69) is 52.2 Å². The van der Waals surface area contributed by atoms with Crippen molar-refractivity contribution in [2.75, 3.05) is 99.2 Å². The van der Waals surface area contributed by atoms with Crippen molar-refractivity contribution in [2.45, 2.75) is 102 Å². The number of nitrogens with zero attached hydrogens (tertiary/aromatic N) is 12. The number of ether oxygens (including phenoxy) is 2. The maximum Gasteiger partial charge on any atom is 0.261 e. The van der Waals surface area contributed by atoms with Crippen LogP contribution < -0.4 is 20.4 Å². The molecule has 422 valence electrons. The maximum atomic E-state index is 15.4. The van der Waals surface area contributed by atoms with Gasteiger partial charge in [0.15, 0.2) is 11.3 Å². The Morgan fingerprint density at radius 1 is 0.713 bits per heavy atom. The normalized spacial score (nSPS) is 21.3. The van der Waals surface area contributed by atoms with Crippen molar-refractivity contribution in [3.63, 3.8) is 0 Å². The van der Waals surface area contributed by atoms with Gasteiger partial charge in [-0.05, 0) is 82.1 Å². The Hall–Kier alpha value is -7.22. The second-order valence-electron chi connectivity index (χ2n) is 23.2. The van der Waals surface area contributed by atoms with E-state index in [4.69, 9.17) is 14.6 Å². The number of halogens is 2. The van der Waals surface area contributed by atoms with Gasteiger partial charge in [0.05, 0.1) is 97.4 Å². The predicted octanol–water partition coefficient (Wildman–Crippen LogP) is 3.45. The molecule has 12 rings (SSSR count). The van der Waals surface area contributed by atoms with E-state index in [1.54, 1.807) is 65.7 Å². The highest BCUT2D eigenvalue weighted by atomic mass is 19.1. The number of fused-ring (bicyclic) bond motifs is 4. The first kappa shape index (κ1) is 53.4. The third-order valence-electron chi connectivity index (χ3n) is 16.7. The summed E-state index contributed by atoms with van der Waals surface area (Å²) < 4.78 is 45.1. The molecule has 0 saturated carbocycles. The fraction of sp³-hybridized carbons (Fsp3) is 0.500. The first-order valence-electron chi connectivity index (χ1n) is 27.3. The summed E-state index contributed by atoms with van der Waals surface area (Å²) in [5.41, 5.74) is 2.31. The lowest BCUT2D eigenvalue weighted by Crippen LogP contribution is -2.62. The maximum absolute atomic E-state index is 15.4. The highest BCUT2D eigenvalue weighted by Gasteiger charge is 2.42. The van der Waals surface area contributed by atoms with Gasteiger partial charge in [0, 0.05) is 107 Å². The van der Waals surface area contributed by atoms with Crippen LogP contribution in [0.1, 0.15) is 92.9 Å². The van der Waals surface area contributed by atoms with E-state index in [0.29, 0.717) is 127 Å². The van der Waals surface area contributed by atoms with Gasteiger partial charge in [-0.25, -0.2) is 27.8 Å². The number of carbonyl (C=O) groups excluding carboxylic acids is 4. The molecule has 4 amide bonds. The molecule has 10 heterocycles. The summed E-state index contributed by atoms with van der Waals surface area (Å²) in [6.45, 7) is 12.8. The van der Waals surface area contributed by atoms with E-state index >= 15 is 13.6 Å². The standard InChI is InChI=1S/C56H66F2N14O8/c1-32-22-65(12-14-69(32)36-28-79-29-36)44-19-38-34(24-68(53(38)75)27-47(58)56(4,5)78)17-42(44)63-52(74)48-43(64-72-11-7-9-60-50(48)72)18-35-25-66(13-15-70(35)37-30-80-31-37)45-20-39-33(23-67(54(39)76)26-46(57)55(2,3)77)16-41(45)62-51(73)40-21-61-71-10-6-8-59-49(40)71/h6-11,16-17,19-21,32,35-37,46-47,77-78H,12-15,18,22-31H2,1-5H3,(H,62,73)(H,63,74)/t32-,35+,46-,47-/m1/s1. The lowest BCUT2D eigenvalue weighted by molar-refractivity contribution is -0.0817. The zero-order chi connectivity index (χ0) is 55.9. The fourth-order valence-electron chi connectivity index (χ4n) is 11.9. The van der Waals surface area contributed by atoms with Crippen molar-refractivity contribution in [3.8, 4) is 0 Å². The van der Waals surface area contributed by atoms with Crippen molar-refractivity contribution in [3.05, 3.63) is 106 Å². The zero-order valence-electron chi connectivity index (χ0n) is 45.4. The Balaban J connectivity index is 0.876. The second kappa shape index (κ2) is 20.7. The largest absolute Gasteiger partial charge is 0.387 e. The SMILES string of the molecule is C[C@@H]1CN(c2cc3c(cc2NC(=O)c2c(C[C@H]4CN(c5cc6c(cc5NC(=O)c5cnn7cccnc57)CN(C[C@@H](F)C(C)(C)O)C6=O)CCN4C4COC4)nn4cccnc24)CN(C[C@@H](F)C(C)(C)O)C3=O)CCN1C1COC1. The lowest BCUT2D eigenvalue weighted by Gasteiger charge is -2.48. The van der Waals surface area contributed by atoms with Gasteiger partial charge >= 0.3 is 0 Å². The number of hydrogen-bond acceptors (Lipinski definition) is 16. The van der Waals surface area contributed by atoms with E-state index in [9.17, 15) is 24.6 Å². The second-order valence-corrected chi connectivity index (χ2v) is 23.2. The third-order valence-corrected chi connectivity index (χ3v) is 16.7. The number of piperazine rings is 2. The van der Waals surface area contributed by atoms with Crippen molar-refractivity contribution < 1.29 is 47.6 Å². The summed E-state index contributed by atoms with van der Waals surface area (Å²) in [6.07, 6.45) is 4.89. The van der Waals surface area contributed by atoms with E-state index in [0.717, 1.165) is 6.54 Å². The van der Waals surface area contributed by atoms with Gasteiger partial charge in [-0.1, -0.05) is 0 Å². The Bertz CT molecular complexity index is 3410. The number of aliphatic hydroxyl groups is 2. The number of benzene rings is 2. The van der Waals surface area contributed by atoms with E-state index in [1.807, 2.05) is 0 Å². The third kappa shape index (κ3) is 9.99. The number of rotatable bonds is 16. The molecule has 0 unspecified atom stereocenters. The Kier molecular flexibility index (Phi) is 13.8. The van der Waals surface area contributed by atoms with Crippen LogP contribution in [0, 0.1) is 0 Å². The van der Waals surface area contributed by atoms with Gasteiger partial charge in [0.2, 0.25) is 0 Å². The van der Waals surface area contributed by atoms with Gasteiger partial charge in [-0.15, -0.1) is 0 Å². The van der Waals surface area contributed by atoms with Crippen LogP contribution >= 0.6 is 0 Å². The zero-order valence-corrected chi connectivity index (χ0v) is 45.4. The topological polar surface area (TPSA) is 231 Å². The van der Waals surface area contributed by atoms with Crippen LogP contribution in [0.5, 0.6) is 0 Å². The van der Waals surface area contributed by atoms with E-state index in [1.165, 1.54) is 48.2 Å². The van der Waals surface area contributed by atoms with Crippen LogP contribution in [-0.4, -0.2) is 209 Å². The van der Waals surface area contributed by atoms with Crippen molar-refractivity contribution >= 4 is 57.7 Å². The molecule has 4 saturated heterocycles. The van der Waals surface area contributed by atoms with Crippen LogP contribution in [0.4, 0.5) is 31.5 Å². The molecular formula is C56H66F2N14O8. The quantitative estimate of drug-likeness (QED) is 0.109. The molecule has 22 nitrogen and oxygen atoms in total. The predicted molar refractivity (Wildman–Crippen MR) is 291 cm³/mol. The lowest BCUT2D eigenvalue weighted by atomic mass is 9.98. The first-order chi connectivity index (χ1) is 38.3. The molecule has 2 aromatic carbocycles. The number of aromatic nitrogens is 6. The van der Waals surface area contributed by atoms with Crippen molar-refractivity contribution in [2.24, 2.45) is 0 Å². The Morgan fingerprint density at radius 3 is 1.79 bits per heavy atom. The minimum absolute atomic E-state index is 0.0588. The van der Waals surface area contributed by atoms with Crippen molar-refractivity contribution in [1.29, 1.82) is 0 Å². The Morgan fingerprint density at radius 2 is 1.24 bits per heavy atom. The number of carbonyl (C=O) groups is 4. The van der Waals surface area contributed by atoms with Crippen LogP contribution in [0.3, 0.4) is 0 Å². The van der Waals surface area contributed by atoms with Gasteiger partial charge in [0.1, 0.15) is 23.5 Å². The molecule has 0 spiro atoms. The monoisotopic (exact) mass is 1100 g/mol. The minimum Gasteiger partial charge on any atom is -0.387 e. The average Bonchev–Trinajstić information content (AvgIpc) is 4.15. The van der Waals surface area contributed by atoms with Crippen LogP contribution in [0.25, 0.3) is 11.3 Å². The molecule has 0 bridgehead atoms. The number of amides is 4. The van der Waals surface area contributed by atoms with Gasteiger partial charge in [-0.2, -0.15) is 10.2 Å². The molecule has 6 aromatic rings. The highest BCUT2D eigenvalue weighted by molar-refractivity contribution is 6.12. The van der Waals surface area contributed by atoms with Gasteiger partial charge < -0.3 is 49.9 Å². The molecule has 6 aliphatic rings. The molecular weight excluding hydrogens is 1030 g/mol. The first-order valence-corrected chi connectivity index (χ1v) is 27.3. The molecule has 4 N–H and O–H groups in total. The molecule has 4 fully saturated rings. The van der Waals surface area contributed by atoms with Crippen LogP contribution in [0.2, 0.25) is 0 Å². The molecule has 4 atom stereocenters. The smallest absolute Gasteiger partial charge is 0.261 e. The molecule has 4 aromatic heterocycles. The highest BCUT2D eigenvalue weighted by Crippen LogP contribution is 2.40. The van der Waals surface area contributed by atoms with Gasteiger partial charge in [-0.3, -0.25) is 29.0 Å². The molecule has 24 heteroatoms. The summed E-state index contributed by atoms with van der Waals surface area (Å²) in [5, 5.41) is 36.6. The van der Waals surface area contributed by atoms with Crippen LogP contribution in [-0.2, 0) is 29.0 Å². The molecule has 0 radical (unpaired) electrons. The Labute approximate surface area is 460 Å². The van der Waals surface area contributed by atoms with Crippen LogP contribution in [0.15, 0.2) is 67.4 Å². The molecule has 0 aliphatic carbocycles.